The molecule has 1 aliphatic rings. The third kappa shape index (κ3) is 8.11. The van der Waals surface area contributed by atoms with Crippen LogP contribution < -0.4 is 16.0 Å². The van der Waals surface area contributed by atoms with E-state index in [1.165, 1.54) is 19.3 Å². The minimum absolute atomic E-state index is 0.0705. The van der Waals surface area contributed by atoms with Crippen LogP contribution >= 0.6 is 0 Å². The van der Waals surface area contributed by atoms with Gasteiger partial charge in [0.1, 0.15) is 0 Å². The van der Waals surface area contributed by atoms with Gasteiger partial charge in [0.15, 0.2) is 0 Å². The fourth-order valence-corrected chi connectivity index (χ4v) is 3.23. The average Bonchev–Trinajstić information content (AvgIpc) is 2.66. The van der Waals surface area contributed by atoms with Crippen LogP contribution in [-0.4, -0.2) is 42.1 Å². The average molecular weight is 375 g/mol. The Morgan fingerprint density at radius 1 is 1.04 bits per heavy atom. The number of carbonyl (C=O) groups is 3. The van der Waals surface area contributed by atoms with Crippen molar-refractivity contribution >= 4 is 17.9 Å². The lowest BCUT2D eigenvalue weighted by molar-refractivity contribution is -0.121. The van der Waals surface area contributed by atoms with Crippen LogP contribution in [0.5, 0.6) is 0 Å². The smallest absolute Gasteiger partial charge is 0.335 e. The van der Waals surface area contributed by atoms with E-state index in [4.69, 9.17) is 5.11 Å². The van der Waals surface area contributed by atoms with Crippen molar-refractivity contribution in [1.29, 1.82) is 0 Å². The first kappa shape index (κ1) is 20.7. The van der Waals surface area contributed by atoms with Gasteiger partial charge in [-0.15, -0.1) is 0 Å². The second-order valence-corrected chi connectivity index (χ2v) is 6.94. The molecule has 0 aromatic heterocycles. The summed E-state index contributed by atoms with van der Waals surface area (Å²) in [7, 11) is 0. The molecule has 0 radical (unpaired) electrons. The van der Waals surface area contributed by atoms with Gasteiger partial charge < -0.3 is 21.1 Å². The number of hydrogen-bond acceptors (Lipinski definition) is 3. The van der Waals surface area contributed by atoms with Crippen LogP contribution in [0.1, 0.15) is 60.9 Å². The highest BCUT2D eigenvalue weighted by Gasteiger charge is 2.15. The van der Waals surface area contributed by atoms with Crippen molar-refractivity contribution in [3.8, 4) is 0 Å². The maximum absolute atomic E-state index is 11.8. The minimum atomic E-state index is -0.957. The SMILES string of the molecule is O=C(CCCNC(=O)NC1CCCCC1)NCCc1cccc(C(=O)O)c1. The van der Waals surface area contributed by atoms with E-state index in [0.29, 0.717) is 32.4 Å². The first-order valence-corrected chi connectivity index (χ1v) is 9.68. The van der Waals surface area contributed by atoms with Crippen molar-refractivity contribution in [2.75, 3.05) is 13.1 Å². The molecule has 27 heavy (non-hydrogen) atoms. The van der Waals surface area contributed by atoms with Crippen LogP contribution in [-0.2, 0) is 11.2 Å². The molecule has 0 spiro atoms. The molecule has 148 valence electrons. The lowest BCUT2D eigenvalue weighted by atomic mass is 9.96. The number of nitrogens with one attached hydrogen (secondary N) is 3. The number of carboxylic acid groups (broad SMARTS) is 1. The second kappa shape index (κ2) is 11.2. The van der Waals surface area contributed by atoms with Crippen LogP contribution in [0.3, 0.4) is 0 Å². The monoisotopic (exact) mass is 375 g/mol. The maximum Gasteiger partial charge on any atom is 0.335 e. The van der Waals surface area contributed by atoms with Crippen molar-refractivity contribution in [2.45, 2.75) is 57.4 Å². The van der Waals surface area contributed by atoms with E-state index >= 15 is 0 Å². The Hall–Kier alpha value is -2.57. The fourth-order valence-electron chi connectivity index (χ4n) is 3.23. The van der Waals surface area contributed by atoms with Gasteiger partial charge in [-0.25, -0.2) is 9.59 Å². The molecule has 1 saturated carbocycles. The third-order valence-electron chi connectivity index (χ3n) is 4.72. The largest absolute Gasteiger partial charge is 0.478 e. The molecule has 7 heteroatoms. The number of carboxylic acids is 1. The summed E-state index contributed by atoms with van der Waals surface area (Å²) < 4.78 is 0. The number of amides is 3. The molecule has 4 N–H and O–H groups in total. The van der Waals surface area contributed by atoms with E-state index in [0.717, 1.165) is 18.4 Å². The molecule has 0 atom stereocenters. The Balaban J connectivity index is 1.53. The zero-order valence-corrected chi connectivity index (χ0v) is 15.6. The quantitative estimate of drug-likeness (QED) is 0.497. The number of aromatic carboxylic acids is 1. The highest BCUT2D eigenvalue weighted by Crippen LogP contribution is 2.17. The predicted molar refractivity (Wildman–Crippen MR) is 103 cm³/mol. The van der Waals surface area contributed by atoms with E-state index in [-0.39, 0.29) is 23.5 Å². The standard InChI is InChI=1S/C20H29N3O4/c24-18(21-13-11-15-6-4-7-16(14-15)19(25)26)10-5-12-22-20(27)23-17-8-2-1-3-9-17/h4,6-7,14,17H,1-3,5,8-13H2,(H,21,24)(H,25,26)(H2,22,23,27). The molecule has 2 rings (SSSR count). The van der Waals surface area contributed by atoms with Gasteiger partial charge in [-0.05, 0) is 43.4 Å². The molecule has 1 aromatic rings. The summed E-state index contributed by atoms with van der Waals surface area (Å²) in [6, 6.07) is 6.82. The van der Waals surface area contributed by atoms with Crippen molar-refractivity contribution in [3.05, 3.63) is 35.4 Å². The first-order chi connectivity index (χ1) is 13.0. The Kier molecular flexibility index (Phi) is 8.61. The molecule has 0 heterocycles. The van der Waals surface area contributed by atoms with Crippen LogP contribution in [0.4, 0.5) is 4.79 Å². The van der Waals surface area contributed by atoms with Crippen molar-refractivity contribution in [1.82, 2.24) is 16.0 Å². The summed E-state index contributed by atoms with van der Waals surface area (Å²) in [5, 5.41) is 17.6. The zero-order valence-electron chi connectivity index (χ0n) is 15.6. The topological polar surface area (TPSA) is 108 Å². The van der Waals surface area contributed by atoms with Crippen LogP contribution in [0.15, 0.2) is 24.3 Å². The Bertz CT molecular complexity index is 642. The van der Waals surface area contributed by atoms with E-state index in [1.54, 1.807) is 18.2 Å². The molecular formula is C20H29N3O4. The number of rotatable bonds is 9. The number of benzene rings is 1. The maximum atomic E-state index is 11.8. The lowest BCUT2D eigenvalue weighted by Crippen LogP contribution is -2.43. The molecule has 0 saturated heterocycles. The van der Waals surface area contributed by atoms with Crippen molar-refractivity contribution in [2.24, 2.45) is 0 Å². The lowest BCUT2D eigenvalue weighted by Gasteiger charge is -2.22. The van der Waals surface area contributed by atoms with Crippen molar-refractivity contribution < 1.29 is 19.5 Å². The summed E-state index contributed by atoms with van der Waals surface area (Å²) in [6.45, 7) is 0.921. The summed E-state index contributed by atoms with van der Waals surface area (Å²) in [5.74, 6) is -1.03. The van der Waals surface area contributed by atoms with Gasteiger partial charge in [0.2, 0.25) is 5.91 Å². The molecule has 1 aromatic carbocycles. The molecular weight excluding hydrogens is 346 g/mol. The summed E-state index contributed by atoms with van der Waals surface area (Å²) in [6.07, 6.45) is 7.19. The van der Waals surface area contributed by atoms with Crippen LogP contribution in [0.2, 0.25) is 0 Å². The highest BCUT2D eigenvalue weighted by molar-refractivity contribution is 5.87. The van der Waals surface area contributed by atoms with Gasteiger partial charge in [0, 0.05) is 25.6 Å². The van der Waals surface area contributed by atoms with Gasteiger partial charge in [0.25, 0.3) is 0 Å². The summed E-state index contributed by atoms with van der Waals surface area (Å²) in [5.41, 5.74) is 1.12. The van der Waals surface area contributed by atoms with Gasteiger partial charge in [0.05, 0.1) is 5.56 Å². The van der Waals surface area contributed by atoms with E-state index in [9.17, 15) is 14.4 Å². The molecule has 1 fully saturated rings. The summed E-state index contributed by atoms with van der Waals surface area (Å²) >= 11 is 0. The van der Waals surface area contributed by atoms with Crippen LogP contribution in [0.25, 0.3) is 0 Å². The zero-order chi connectivity index (χ0) is 19.5. The molecule has 0 unspecified atom stereocenters. The Morgan fingerprint density at radius 3 is 2.56 bits per heavy atom. The van der Waals surface area contributed by atoms with Gasteiger partial charge >= 0.3 is 12.0 Å². The van der Waals surface area contributed by atoms with E-state index in [1.807, 2.05) is 6.07 Å². The summed E-state index contributed by atoms with van der Waals surface area (Å²) in [4.78, 5) is 34.6. The molecule has 7 nitrogen and oxygen atoms in total. The van der Waals surface area contributed by atoms with E-state index < -0.39 is 5.97 Å². The van der Waals surface area contributed by atoms with Gasteiger partial charge in [-0.1, -0.05) is 31.4 Å². The third-order valence-corrected chi connectivity index (χ3v) is 4.72. The number of urea groups is 1. The van der Waals surface area contributed by atoms with Crippen LogP contribution in [0, 0.1) is 0 Å². The first-order valence-electron chi connectivity index (χ1n) is 9.68. The fraction of sp³-hybridized carbons (Fsp3) is 0.550. The second-order valence-electron chi connectivity index (χ2n) is 6.94. The minimum Gasteiger partial charge on any atom is -0.478 e. The Labute approximate surface area is 159 Å². The highest BCUT2D eigenvalue weighted by atomic mass is 16.4. The van der Waals surface area contributed by atoms with Crippen molar-refractivity contribution in [3.63, 3.8) is 0 Å². The molecule has 0 bridgehead atoms. The number of hydrogen-bond donors (Lipinski definition) is 4. The number of carbonyl (C=O) groups excluding carboxylic acids is 2. The molecule has 1 aliphatic carbocycles. The molecule has 0 aliphatic heterocycles. The van der Waals surface area contributed by atoms with E-state index in [2.05, 4.69) is 16.0 Å². The molecule has 3 amide bonds. The normalized spacial score (nSPS) is 14.4. The van der Waals surface area contributed by atoms with Gasteiger partial charge in [-0.2, -0.15) is 0 Å². The predicted octanol–water partition coefficient (Wildman–Crippen LogP) is 2.46. The Morgan fingerprint density at radius 2 is 1.81 bits per heavy atom. The van der Waals surface area contributed by atoms with Gasteiger partial charge in [-0.3, -0.25) is 4.79 Å².